The Morgan fingerprint density at radius 3 is 1.85 bits per heavy atom. The van der Waals surface area contributed by atoms with Crippen LogP contribution in [0.15, 0.2) is 52.3 Å². The van der Waals surface area contributed by atoms with Crippen LogP contribution in [-0.4, -0.2) is 36.1 Å². The first-order valence-corrected chi connectivity index (χ1v) is 9.48. The Kier molecular flexibility index (Phi) is 7.03. The number of hydrogen-bond acceptors (Lipinski definition) is 5. The van der Waals surface area contributed by atoms with Gasteiger partial charge in [-0.25, -0.2) is 9.59 Å². The maximum atomic E-state index is 12.6. The first-order valence-electron chi connectivity index (χ1n) is 8.69. The van der Waals surface area contributed by atoms with E-state index >= 15 is 0 Å². The summed E-state index contributed by atoms with van der Waals surface area (Å²) in [5.41, 5.74) is 1.68. The normalized spacial score (nSPS) is 14.8. The quantitative estimate of drug-likeness (QED) is 0.645. The van der Waals surface area contributed by atoms with Gasteiger partial charge in [-0.3, -0.25) is 0 Å². The molecule has 0 fully saturated rings. The zero-order valence-electron chi connectivity index (χ0n) is 15.5. The second kappa shape index (κ2) is 9.03. The molecule has 0 aromatic heterocycles. The number of hydrogen-bond donors (Lipinski definition) is 0. The number of nitrogens with zero attached hydrogens (tertiary/aromatic N) is 1. The van der Waals surface area contributed by atoms with E-state index in [0.29, 0.717) is 11.1 Å². The molecule has 1 heterocycles. The molecule has 1 aliphatic heterocycles. The van der Waals surface area contributed by atoms with E-state index in [1.54, 1.807) is 26.2 Å². The summed E-state index contributed by atoms with van der Waals surface area (Å²) in [5, 5.41) is 0. The summed E-state index contributed by atoms with van der Waals surface area (Å²) in [6.07, 6.45) is 3.52. The molecule has 0 atom stereocenters. The molecule has 0 radical (unpaired) electrons. The lowest BCUT2D eigenvalue weighted by Crippen LogP contribution is -2.32. The number of carbonyl (C=O) groups excluding carboxylic acids is 2. The lowest BCUT2D eigenvalue weighted by molar-refractivity contribution is -0.139. The molecule has 140 valence electrons. The van der Waals surface area contributed by atoms with Crippen molar-refractivity contribution in [2.75, 3.05) is 13.2 Å². The van der Waals surface area contributed by atoms with Gasteiger partial charge in [-0.15, -0.1) is 0 Å². The smallest absolute Gasteiger partial charge is 0.336 e. The van der Waals surface area contributed by atoms with E-state index in [9.17, 15) is 9.59 Å². The topological polar surface area (TPSA) is 55.8 Å². The minimum Gasteiger partial charge on any atom is -0.463 e. The third-order valence-electron chi connectivity index (χ3n) is 4.02. The largest absolute Gasteiger partial charge is 0.463 e. The van der Waals surface area contributed by atoms with Crippen LogP contribution in [0.1, 0.15) is 39.2 Å². The average Bonchev–Trinajstić information content (AvgIpc) is 2.61. The van der Waals surface area contributed by atoms with Crippen molar-refractivity contribution >= 4 is 27.9 Å². The van der Waals surface area contributed by atoms with Gasteiger partial charge in [0, 0.05) is 22.9 Å². The third-order valence-corrected chi connectivity index (χ3v) is 4.55. The number of esters is 2. The summed E-state index contributed by atoms with van der Waals surface area (Å²) in [4.78, 5) is 27.1. The zero-order valence-corrected chi connectivity index (χ0v) is 17.1. The van der Waals surface area contributed by atoms with E-state index in [4.69, 9.17) is 9.47 Å². The van der Waals surface area contributed by atoms with Gasteiger partial charge in [0.25, 0.3) is 0 Å². The highest BCUT2D eigenvalue weighted by Gasteiger charge is 2.35. The first kappa shape index (κ1) is 20.2. The van der Waals surface area contributed by atoms with Gasteiger partial charge in [0.05, 0.1) is 30.3 Å². The molecule has 26 heavy (non-hydrogen) atoms. The van der Waals surface area contributed by atoms with E-state index in [-0.39, 0.29) is 19.3 Å². The van der Waals surface area contributed by atoms with Crippen molar-refractivity contribution in [3.8, 4) is 0 Å². The number of benzene rings is 1. The fourth-order valence-corrected chi connectivity index (χ4v) is 3.02. The second-order valence-corrected chi connectivity index (χ2v) is 7.05. The highest BCUT2D eigenvalue weighted by atomic mass is 79.9. The zero-order chi connectivity index (χ0) is 19.3. The number of carbonyl (C=O) groups is 2. The van der Waals surface area contributed by atoms with Crippen molar-refractivity contribution in [1.82, 2.24) is 4.90 Å². The van der Waals surface area contributed by atoms with Gasteiger partial charge in [-0.1, -0.05) is 28.1 Å². The Labute approximate surface area is 162 Å². The monoisotopic (exact) mass is 421 g/mol. The van der Waals surface area contributed by atoms with Crippen molar-refractivity contribution in [3.63, 3.8) is 0 Å². The van der Waals surface area contributed by atoms with Gasteiger partial charge in [0.2, 0.25) is 0 Å². The average molecular weight is 422 g/mol. The summed E-state index contributed by atoms with van der Waals surface area (Å²) in [6, 6.07) is 7.63. The fraction of sp³-hybridized carbons (Fsp3) is 0.400. The van der Waals surface area contributed by atoms with Crippen molar-refractivity contribution in [3.05, 3.63) is 57.8 Å². The highest BCUT2D eigenvalue weighted by molar-refractivity contribution is 9.10. The van der Waals surface area contributed by atoms with Crippen LogP contribution in [0.5, 0.6) is 0 Å². The summed E-state index contributed by atoms with van der Waals surface area (Å²) < 4.78 is 11.4. The van der Waals surface area contributed by atoms with Crippen molar-refractivity contribution in [2.45, 2.75) is 39.7 Å². The van der Waals surface area contributed by atoms with Gasteiger partial charge in [-0.2, -0.15) is 0 Å². The minimum atomic E-state index is -0.531. The van der Waals surface area contributed by atoms with Crippen LogP contribution < -0.4 is 0 Å². The summed E-state index contributed by atoms with van der Waals surface area (Å²) in [5.74, 6) is -1.39. The predicted molar refractivity (Wildman–Crippen MR) is 103 cm³/mol. The molecule has 0 bridgehead atoms. The molecule has 0 amide bonds. The molecule has 0 N–H and O–H groups in total. The lowest BCUT2D eigenvalue weighted by atomic mass is 9.83. The molecular formula is C20H24BrNO4. The van der Waals surface area contributed by atoms with Crippen LogP contribution in [0.2, 0.25) is 0 Å². The highest BCUT2D eigenvalue weighted by Crippen LogP contribution is 2.38. The number of halogens is 1. The summed E-state index contributed by atoms with van der Waals surface area (Å²) in [7, 11) is 0. The fourth-order valence-electron chi connectivity index (χ4n) is 2.76. The van der Waals surface area contributed by atoms with Crippen LogP contribution in [-0.2, 0) is 19.1 Å². The molecular weight excluding hydrogens is 398 g/mol. The second-order valence-electron chi connectivity index (χ2n) is 6.14. The Hall–Kier alpha value is -2.08. The lowest BCUT2D eigenvalue weighted by Gasteiger charge is -2.32. The first-order chi connectivity index (χ1) is 12.4. The molecule has 6 heteroatoms. The maximum Gasteiger partial charge on any atom is 0.336 e. The molecule has 0 spiro atoms. The van der Waals surface area contributed by atoms with E-state index in [1.165, 1.54) is 0 Å². The van der Waals surface area contributed by atoms with Crippen molar-refractivity contribution < 1.29 is 19.1 Å². The van der Waals surface area contributed by atoms with E-state index < -0.39 is 17.9 Å². The van der Waals surface area contributed by atoms with Gasteiger partial charge in [-0.05, 0) is 45.4 Å². The number of rotatable bonds is 6. The van der Waals surface area contributed by atoms with Crippen molar-refractivity contribution in [1.29, 1.82) is 0 Å². The number of ether oxygens (including phenoxy) is 2. The predicted octanol–water partition coefficient (Wildman–Crippen LogP) is 4.15. The molecule has 1 aromatic rings. The van der Waals surface area contributed by atoms with E-state index in [0.717, 1.165) is 10.0 Å². The molecule has 0 unspecified atom stereocenters. The minimum absolute atomic E-state index is 0.0784. The van der Waals surface area contributed by atoms with Crippen LogP contribution in [0.25, 0.3) is 0 Å². The Morgan fingerprint density at radius 2 is 1.46 bits per heavy atom. The van der Waals surface area contributed by atoms with E-state index in [1.807, 2.05) is 43.0 Å². The van der Waals surface area contributed by atoms with Crippen LogP contribution in [0, 0.1) is 0 Å². The van der Waals surface area contributed by atoms with Gasteiger partial charge >= 0.3 is 11.9 Å². The maximum absolute atomic E-state index is 12.6. The molecule has 0 aliphatic carbocycles. The van der Waals surface area contributed by atoms with E-state index in [2.05, 4.69) is 15.9 Å². The van der Waals surface area contributed by atoms with Gasteiger partial charge in [0.15, 0.2) is 0 Å². The molecule has 2 rings (SSSR count). The molecule has 0 saturated carbocycles. The van der Waals surface area contributed by atoms with Crippen molar-refractivity contribution in [2.24, 2.45) is 0 Å². The standard InChI is InChI=1S/C20H24BrNO4/c1-5-25-19(23)16-11-22(13(3)4)12-17(20(24)26-6-2)18(16)14-7-9-15(21)10-8-14/h7-13,18H,5-6H2,1-4H3. The van der Waals surface area contributed by atoms with Gasteiger partial charge in [0.1, 0.15) is 0 Å². The Bertz CT molecular complexity index is 686. The summed E-state index contributed by atoms with van der Waals surface area (Å²) >= 11 is 3.42. The van der Waals surface area contributed by atoms with Gasteiger partial charge < -0.3 is 14.4 Å². The molecule has 1 aliphatic rings. The molecule has 5 nitrogen and oxygen atoms in total. The molecule has 1 aromatic carbocycles. The summed E-state index contributed by atoms with van der Waals surface area (Å²) in [6.45, 7) is 8.03. The Morgan fingerprint density at radius 1 is 1.00 bits per heavy atom. The van der Waals surface area contributed by atoms with Crippen LogP contribution >= 0.6 is 15.9 Å². The molecule has 0 saturated heterocycles. The van der Waals surface area contributed by atoms with Crippen LogP contribution in [0.3, 0.4) is 0 Å². The van der Waals surface area contributed by atoms with Crippen LogP contribution in [0.4, 0.5) is 0 Å². The SMILES string of the molecule is CCOC(=O)C1=CN(C(C)C)C=C(C(=O)OCC)C1c1ccc(Br)cc1. The third kappa shape index (κ3) is 4.55. The Balaban J connectivity index is 2.58.